The summed E-state index contributed by atoms with van der Waals surface area (Å²) in [4.78, 5) is 0. The van der Waals surface area contributed by atoms with Crippen molar-refractivity contribution in [2.45, 2.75) is 24.8 Å². The maximum atomic E-state index is 13.4. The fraction of sp³-hybridized carbons (Fsp3) is 0.294. The van der Waals surface area contributed by atoms with Gasteiger partial charge in [0.05, 0.1) is 7.11 Å². The Kier molecular flexibility index (Phi) is 4.02. The van der Waals surface area contributed by atoms with E-state index >= 15 is 0 Å². The van der Waals surface area contributed by atoms with Crippen molar-refractivity contribution < 1.29 is 9.13 Å². The Hall–Kier alpha value is -1.74. The van der Waals surface area contributed by atoms with Crippen LogP contribution in [0.4, 0.5) is 10.1 Å². The molecule has 0 aliphatic heterocycles. The largest absolute Gasteiger partial charge is 0.494 e. The molecule has 2 aromatic carbocycles. The van der Waals surface area contributed by atoms with E-state index in [4.69, 9.17) is 16.3 Å². The first-order chi connectivity index (χ1) is 10.2. The number of benzene rings is 2. The van der Waals surface area contributed by atoms with Gasteiger partial charge in [0.15, 0.2) is 11.6 Å². The third kappa shape index (κ3) is 3.13. The molecule has 0 unspecified atom stereocenters. The summed E-state index contributed by atoms with van der Waals surface area (Å²) < 4.78 is 18.4. The molecule has 0 aromatic heterocycles. The van der Waals surface area contributed by atoms with Crippen LogP contribution in [0, 0.1) is 5.82 Å². The molecule has 0 atom stereocenters. The van der Waals surface area contributed by atoms with Crippen LogP contribution in [0.3, 0.4) is 0 Å². The number of halogens is 2. The zero-order valence-corrected chi connectivity index (χ0v) is 12.5. The topological polar surface area (TPSA) is 21.3 Å². The highest BCUT2D eigenvalue weighted by atomic mass is 35.5. The standard InChI is InChI=1S/C17H17ClFNO/c1-21-17-10-14(5-6-16(17)19)20-15-8-12(9-15)11-3-2-4-13(18)7-11/h2-7,10,12,15,20H,8-9H2,1H3. The maximum absolute atomic E-state index is 13.4. The van der Waals surface area contributed by atoms with Gasteiger partial charge in [0, 0.05) is 22.8 Å². The van der Waals surface area contributed by atoms with E-state index in [-0.39, 0.29) is 11.6 Å². The summed E-state index contributed by atoms with van der Waals surface area (Å²) in [6.07, 6.45) is 2.11. The van der Waals surface area contributed by atoms with Crippen molar-refractivity contribution >= 4 is 17.3 Å². The summed E-state index contributed by atoms with van der Waals surface area (Å²) in [5, 5.41) is 4.20. The number of rotatable bonds is 4. The van der Waals surface area contributed by atoms with Crippen LogP contribution in [0.25, 0.3) is 0 Å². The normalized spacial score (nSPS) is 20.7. The highest BCUT2D eigenvalue weighted by Gasteiger charge is 2.30. The number of hydrogen-bond acceptors (Lipinski definition) is 2. The van der Waals surface area contributed by atoms with Crippen LogP contribution in [0.2, 0.25) is 5.02 Å². The molecular formula is C17H17ClFNO. The zero-order valence-electron chi connectivity index (χ0n) is 11.8. The molecule has 21 heavy (non-hydrogen) atoms. The van der Waals surface area contributed by atoms with Gasteiger partial charge in [-0.1, -0.05) is 23.7 Å². The highest BCUT2D eigenvalue weighted by Crippen LogP contribution is 2.39. The molecule has 1 saturated carbocycles. The zero-order chi connectivity index (χ0) is 14.8. The molecule has 3 rings (SSSR count). The van der Waals surface area contributed by atoms with E-state index in [1.165, 1.54) is 18.7 Å². The molecule has 0 heterocycles. The van der Waals surface area contributed by atoms with Crippen molar-refractivity contribution in [3.63, 3.8) is 0 Å². The summed E-state index contributed by atoms with van der Waals surface area (Å²) in [5.74, 6) is 0.475. The lowest BCUT2D eigenvalue weighted by Crippen LogP contribution is -2.34. The Morgan fingerprint density at radius 2 is 2.00 bits per heavy atom. The minimum absolute atomic E-state index is 0.269. The molecule has 2 aromatic rings. The highest BCUT2D eigenvalue weighted by molar-refractivity contribution is 6.30. The summed E-state index contributed by atoms with van der Waals surface area (Å²) in [6, 6.07) is 13.3. The average Bonchev–Trinajstić information content (AvgIpc) is 2.44. The Bertz CT molecular complexity index is 640. The predicted molar refractivity (Wildman–Crippen MR) is 83.8 cm³/mol. The molecule has 2 nitrogen and oxygen atoms in total. The van der Waals surface area contributed by atoms with Gasteiger partial charge >= 0.3 is 0 Å². The minimum atomic E-state index is -0.339. The summed E-state index contributed by atoms with van der Waals surface area (Å²) in [6.45, 7) is 0. The van der Waals surface area contributed by atoms with Crippen LogP contribution in [-0.4, -0.2) is 13.2 Å². The Morgan fingerprint density at radius 3 is 2.71 bits per heavy atom. The van der Waals surface area contributed by atoms with Crippen LogP contribution in [0.1, 0.15) is 24.3 Å². The second kappa shape index (κ2) is 5.94. The van der Waals surface area contributed by atoms with Crippen LogP contribution >= 0.6 is 11.6 Å². The van der Waals surface area contributed by atoms with E-state index in [0.29, 0.717) is 12.0 Å². The Morgan fingerprint density at radius 1 is 1.19 bits per heavy atom. The number of nitrogens with one attached hydrogen (secondary N) is 1. The number of anilines is 1. The second-order valence-corrected chi connectivity index (χ2v) is 5.85. The molecule has 0 saturated heterocycles. The van der Waals surface area contributed by atoms with Gasteiger partial charge in [0.25, 0.3) is 0 Å². The monoisotopic (exact) mass is 305 g/mol. The van der Waals surface area contributed by atoms with Gasteiger partial charge in [0.2, 0.25) is 0 Å². The summed E-state index contributed by atoms with van der Waals surface area (Å²) >= 11 is 6.02. The summed E-state index contributed by atoms with van der Waals surface area (Å²) in [7, 11) is 1.47. The van der Waals surface area contributed by atoms with Gasteiger partial charge in [0.1, 0.15) is 0 Å². The fourth-order valence-corrected chi connectivity index (χ4v) is 2.95. The first-order valence-electron chi connectivity index (χ1n) is 7.01. The van der Waals surface area contributed by atoms with Gasteiger partial charge in [-0.2, -0.15) is 0 Å². The van der Waals surface area contributed by atoms with Crippen molar-refractivity contribution in [3.8, 4) is 5.75 Å². The average molecular weight is 306 g/mol. The van der Waals surface area contributed by atoms with E-state index in [0.717, 1.165) is 23.6 Å². The minimum Gasteiger partial charge on any atom is -0.494 e. The molecule has 0 bridgehead atoms. The number of methoxy groups -OCH3 is 1. The van der Waals surface area contributed by atoms with Crippen LogP contribution < -0.4 is 10.1 Å². The first-order valence-corrected chi connectivity index (χ1v) is 7.39. The van der Waals surface area contributed by atoms with Gasteiger partial charge in [-0.3, -0.25) is 0 Å². The van der Waals surface area contributed by atoms with E-state index in [2.05, 4.69) is 11.4 Å². The second-order valence-electron chi connectivity index (χ2n) is 5.41. The van der Waals surface area contributed by atoms with E-state index < -0.39 is 0 Å². The smallest absolute Gasteiger partial charge is 0.165 e. The molecule has 110 valence electrons. The third-order valence-electron chi connectivity index (χ3n) is 3.98. The maximum Gasteiger partial charge on any atom is 0.165 e. The molecule has 4 heteroatoms. The molecule has 1 aliphatic carbocycles. The van der Waals surface area contributed by atoms with Crippen molar-refractivity contribution in [2.24, 2.45) is 0 Å². The van der Waals surface area contributed by atoms with Gasteiger partial charge < -0.3 is 10.1 Å². The molecular weight excluding hydrogens is 289 g/mol. The third-order valence-corrected chi connectivity index (χ3v) is 4.22. The van der Waals surface area contributed by atoms with Crippen LogP contribution in [0.15, 0.2) is 42.5 Å². The van der Waals surface area contributed by atoms with Crippen LogP contribution in [-0.2, 0) is 0 Å². The molecule has 0 spiro atoms. The predicted octanol–water partition coefficient (Wildman–Crippen LogP) is 4.85. The number of hydrogen-bond donors (Lipinski definition) is 1. The van der Waals surface area contributed by atoms with Crippen molar-refractivity contribution in [1.29, 1.82) is 0 Å². The van der Waals surface area contributed by atoms with Crippen molar-refractivity contribution in [1.82, 2.24) is 0 Å². The molecule has 1 aliphatic rings. The lowest BCUT2D eigenvalue weighted by molar-refractivity contribution is 0.372. The Balaban J connectivity index is 1.60. The van der Waals surface area contributed by atoms with Crippen molar-refractivity contribution in [2.75, 3.05) is 12.4 Å². The van der Waals surface area contributed by atoms with Gasteiger partial charge in [-0.25, -0.2) is 4.39 Å². The molecule has 0 amide bonds. The SMILES string of the molecule is COc1cc(NC2CC(c3cccc(Cl)c3)C2)ccc1F. The summed E-state index contributed by atoms with van der Waals surface area (Å²) in [5.41, 5.74) is 2.18. The van der Waals surface area contributed by atoms with Crippen LogP contribution in [0.5, 0.6) is 5.75 Å². The molecule has 1 N–H and O–H groups in total. The Labute approximate surface area is 128 Å². The van der Waals surface area contributed by atoms with Gasteiger partial charge in [-0.15, -0.1) is 0 Å². The van der Waals surface area contributed by atoms with Crippen molar-refractivity contribution in [3.05, 3.63) is 58.9 Å². The fourth-order valence-electron chi connectivity index (χ4n) is 2.75. The number of ether oxygens (including phenoxy) is 1. The van der Waals surface area contributed by atoms with E-state index in [1.807, 2.05) is 18.2 Å². The van der Waals surface area contributed by atoms with Gasteiger partial charge in [-0.05, 0) is 48.6 Å². The molecule has 0 radical (unpaired) electrons. The lowest BCUT2D eigenvalue weighted by Gasteiger charge is -2.37. The van der Waals surface area contributed by atoms with E-state index in [9.17, 15) is 4.39 Å². The quantitative estimate of drug-likeness (QED) is 0.872. The molecule has 1 fully saturated rings. The van der Waals surface area contributed by atoms with E-state index in [1.54, 1.807) is 12.1 Å². The first kappa shape index (κ1) is 14.2. The lowest BCUT2D eigenvalue weighted by atomic mass is 9.76.